The number of carbonyl (C=O) groups is 1. The molecule has 0 bridgehead atoms. The Bertz CT molecular complexity index is 734. The van der Waals surface area contributed by atoms with Crippen LogP contribution in [0.25, 0.3) is 0 Å². The average molecular weight is 358 g/mol. The number of anilines is 1. The number of hydrogen-bond donors (Lipinski definition) is 2. The van der Waals surface area contributed by atoms with E-state index in [1.165, 1.54) is 0 Å². The molecular formula is C20H26N2O4. The first-order valence-electron chi connectivity index (χ1n) is 8.69. The molecule has 0 unspecified atom stereocenters. The van der Waals surface area contributed by atoms with Gasteiger partial charge in [-0.3, -0.25) is 0 Å². The predicted octanol–water partition coefficient (Wildman–Crippen LogP) is 4.38. The summed E-state index contributed by atoms with van der Waals surface area (Å²) in [6.07, 6.45) is 0. The summed E-state index contributed by atoms with van der Waals surface area (Å²) >= 11 is 0. The molecule has 2 aromatic rings. The van der Waals surface area contributed by atoms with Gasteiger partial charge in [-0.2, -0.15) is 0 Å². The Morgan fingerprint density at radius 2 is 1.69 bits per heavy atom. The molecule has 0 aliphatic carbocycles. The standard InChI is InChI=1S/C20H26N2O4/c1-5-25-18-12-11-15(13-19(18)26-6-2)14(3)21-20(23)22-16-9-7-8-10-17(16)24-4/h7-14H,5-6H2,1-4H3,(H2,21,22,23)/t14-/m0/s1. The van der Waals surface area contributed by atoms with Gasteiger partial charge in [-0.25, -0.2) is 4.79 Å². The van der Waals surface area contributed by atoms with Crippen LogP contribution in [-0.2, 0) is 0 Å². The van der Waals surface area contributed by atoms with Gasteiger partial charge in [0.1, 0.15) is 5.75 Å². The van der Waals surface area contributed by atoms with Crippen LogP contribution in [0.2, 0.25) is 0 Å². The molecule has 0 spiro atoms. The summed E-state index contributed by atoms with van der Waals surface area (Å²) < 4.78 is 16.5. The summed E-state index contributed by atoms with van der Waals surface area (Å²) in [6, 6.07) is 12.4. The number of methoxy groups -OCH3 is 1. The minimum absolute atomic E-state index is 0.209. The molecule has 6 heteroatoms. The fourth-order valence-electron chi connectivity index (χ4n) is 2.52. The first-order chi connectivity index (χ1) is 12.6. The number of rotatable bonds is 8. The van der Waals surface area contributed by atoms with E-state index in [0.29, 0.717) is 36.1 Å². The highest BCUT2D eigenvalue weighted by molar-refractivity contribution is 5.91. The summed E-state index contributed by atoms with van der Waals surface area (Å²) in [5.41, 5.74) is 1.54. The maximum atomic E-state index is 12.3. The lowest BCUT2D eigenvalue weighted by atomic mass is 10.1. The van der Waals surface area contributed by atoms with Crippen LogP contribution in [-0.4, -0.2) is 26.4 Å². The zero-order valence-electron chi connectivity index (χ0n) is 15.7. The number of hydrogen-bond acceptors (Lipinski definition) is 4. The fraction of sp³-hybridized carbons (Fsp3) is 0.350. The molecule has 0 radical (unpaired) electrons. The van der Waals surface area contributed by atoms with Crippen LogP contribution >= 0.6 is 0 Å². The van der Waals surface area contributed by atoms with Crippen molar-refractivity contribution in [3.05, 3.63) is 48.0 Å². The molecule has 0 heterocycles. The summed E-state index contributed by atoms with van der Waals surface area (Å²) in [7, 11) is 1.57. The number of amides is 2. The summed E-state index contributed by atoms with van der Waals surface area (Å²) in [5.74, 6) is 1.98. The van der Waals surface area contributed by atoms with Crippen LogP contribution in [0.5, 0.6) is 17.2 Å². The van der Waals surface area contributed by atoms with E-state index in [1.807, 2.05) is 51.1 Å². The molecule has 0 aliphatic rings. The van der Waals surface area contributed by atoms with Gasteiger partial charge in [0.15, 0.2) is 11.5 Å². The highest BCUT2D eigenvalue weighted by Crippen LogP contribution is 2.31. The van der Waals surface area contributed by atoms with Crippen molar-refractivity contribution >= 4 is 11.7 Å². The quantitative estimate of drug-likeness (QED) is 0.735. The third kappa shape index (κ3) is 5.05. The molecule has 0 aromatic heterocycles. The van der Waals surface area contributed by atoms with Crippen LogP contribution in [0.1, 0.15) is 32.4 Å². The normalized spacial score (nSPS) is 11.4. The first kappa shape index (κ1) is 19.4. The minimum Gasteiger partial charge on any atom is -0.495 e. The maximum Gasteiger partial charge on any atom is 0.319 e. The molecule has 1 atom stereocenters. The largest absolute Gasteiger partial charge is 0.495 e. The van der Waals surface area contributed by atoms with E-state index >= 15 is 0 Å². The number of benzene rings is 2. The van der Waals surface area contributed by atoms with Gasteiger partial charge in [-0.1, -0.05) is 18.2 Å². The second-order valence-corrected chi connectivity index (χ2v) is 5.59. The van der Waals surface area contributed by atoms with E-state index in [1.54, 1.807) is 19.2 Å². The SMILES string of the molecule is CCOc1ccc([C@H](C)NC(=O)Nc2ccccc2OC)cc1OCC. The Hall–Kier alpha value is -2.89. The van der Waals surface area contributed by atoms with Crippen LogP contribution in [0.4, 0.5) is 10.5 Å². The second kappa shape index (κ2) is 9.56. The third-order valence-electron chi connectivity index (χ3n) is 3.77. The molecule has 2 N–H and O–H groups in total. The molecule has 2 amide bonds. The van der Waals surface area contributed by atoms with E-state index in [4.69, 9.17) is 14.2 Å². The predicted molar refractivity (Wildman–Crippen MR) is 102 cm³/mol. The van der Waals surface area contributed by atoms with Crippen molar-refractivity contribution < 1.29 is 19.0 Å². The highest BCUT2D eigenvalue weighted by atomic mass is 16.5. The van der Waals surface area contributed by atoms with E-state index in [2.05, 4.69) is 10.6 Å². The van der Waals surface area contributed by atoms with Crippen LogP contribution < -0.4 is 24.8 Å². The van der Waals surface area contributed by atoms with Gasteiger partial charge >= 0.3 is 6.03 Å². The van der Waals surface area contributed by atoms with E-state index < -0.39 is 0 Å². The lowest BCUT2D eigenvalue weighted by Gasteiger charge is -2.18. The Balaban J connectivity index is 2.07. The summed E-state index contributed by atoms with van der Waals surface area (Å²) in [4.78, 5) is 12.3. The molecule has 0 fully saturated rings. The Kier molecular flexibility index (Phi) is 7.14. The van der Waals surface area contributed by atoms with Gasteiger partial charge in [0.2, 0.25) is 0 Å². The van der Waals surface area contributed by atoms with Crippen molar-refractivity contribution in [2.75, 3.05) is 25.6 Å². The van der Waals surface area contributed by atoms with Crippen molar-refractivity contribution in [1.29, 1.82) is 0 Å². The van der Waals surface area contributed by atoms with Crippen molar-refractivity contribution in [3.8, 4) is 17.2 Å². The van der Waals surface area contributed by atoms with Gasteiger partial charge in [-0.05, 0) is 50.6 Å². The number of carbonyl (C=O) groups excluding carboxylic acids is 1. The third-order valence-corrected chi connectivity index (χ3v) is 3.77. The molecule has 26 heavy (non-hydrogen) atoms. The molecule has 2 aromatic carbocycles. The van der Waals surface area contributed by atoms with Crippen LogP contribution in [0, 0.1) is 0 Å². The van der Waals surface area contributed by atoms with Crippen LogP contribution in [0.15, 0.2) is 42.5 Å². The van der Waals surface area contributed by atoms with Gasteiger partial charge in [0.25, 0.3) is 0 Å². The number of para-hydroxylation sites is 2. The van der Waals surface area contributed by atoms with Gasteiger partial charge in [-0.15, -0.1) is 0 Å². The average Bonchev–Trinajstić information content (AvgIpc) is 2.63. The van der Waals surface area contributed by atoms with Crippen molar-refractivity contribution in [2.45, 2.75) is 26.8 Å². The van der Waals surface area contributed by atoms with E-state index in [9.17, 15) is 4.79 Å². The Labute approximate surface area is 154 Å². The van der Waals surface area contributed by atoms with E-state index in [-0.39, 0.29) is 12.1 Å². The molecule has 6 nitrogen and oxygen atoms in total. The van der Waals surface area contributed by atoms with Gasteiger partial charge in [0, 0.05) is 0 Å². The molecule has 2 rings (SSSR count). The second-order valence-electron chi connectivity index (χ2n) is 5.59. The topological polar surface area (TPSA) is 68.8 Å². The Morgan fingerprint density at radius 3 is 2.38 bits per heavy atom. The monoisotopic (exact) mass is 358 g/mol. The first-order valence-corrected chi connectivity index (χ1v) is 8.69. The molecule has 0 saturated heterocycles. The zero-order valence-corrected chi connectivity index (χ0v) is 15.7. The number of nitrogens with one attached hydrogen (secondary N) is 2. The molecule has 0 aliphatic heterocycles. The van der Waals surface area contributed by atoms with Crippen molar-refractivity contribution in [3.63, 3.8) is 0 Å². The van der Waals surface area contributed by atoms with Gasteiger partial charge < -0.3 is 24.8 Å². The highest BCUT2D eigenvalue weighted by Gasteiger charge is 2.14. The zero-order chi connectivity index (χ0) is 18.9. The fourth-order valence-corrected chi connectivity index (χ4v) is 2.52. The number of ether oxygens (including phenoxy) is 3. The lowest BCUT2D eigenvalue weighted by Crippen LogP contribution is -2.31. The lowest BCUT2D eigenvalue weighted by molar-refractivity contribution is 0.249. The Morgan fingerprint density at radius 1 is 1.00 bits per heavy atom. The molecule has 140 valence electrons. The maximum absolute atomic E-state index is 12.3. The van der Waals surface area contributed by atoms with Crippen LogP contribution in [0.3, 0.4) is 0 Å². The van der Waals surface area contributed by atoms with Crippen molar-refractivity contribution in [1.82, 2.24) is 5.32 Å². The summed E-state index contributed by atoms with van der Waals surface area (Å²) in [6.45, 7) is 6.86. The summed E-state index contributed by atoms with van der Waals surface area (Å²) in [5, 5.41) is 5.72. The number of urea groups is 1. The molecule has 0 saturated carbocycles. The minimum atomic E-state index is -0.311. The molecular weight excluding hydrogens is 332 g/mol. The van der Waals surface area contributed by atoms with E-state index in [0.717, 1.165) is 5.56 Å². The smallest absolute Gasteiger partial charge is 0.319 e. The van der Waals surface area contributed by atoms with Crippen molar-refractivity contribution in [2.24, 2.45) is 0 Å². The van der Waals surface area contributed by atoms with Gasteiger partial charge in [0.05, 0.1) is 32.1 Å².